The van der Waals surface area contributed by atoms with Crippen LogP contribution in [0.4, 0.5) is 4.39 Å². The third-order valence-corrected chi connectivity index (χ3v) is 6.47. The monoisotopic (exact) mass is 481 g/mol. The van der Waals surface area contributed by atoms with Gasteiger partial charge in [-0.1, -0.05) is 53.7 Å². The standard InChI is InChI=1S/C29H28FN5O/c1-20(31-29(36)28-21(2)35(33-32-28)25-16-14-24(30)15-17-25)12-13-23-19-34(18-22-8-4-3-5-9-22)27-11-7-6-10-26(23)27/h3-11,14-17,19-20H,12-13,18H2,1-2H3,(H,31,36)/t20-/m1/s1. The molecule has 0 aliphatic carbocycles. The Balaban J connectivity index is 1.26. The molecule has 0 radical (unpaired) electrons. The molecule has 1 N–H and O–H groups in total. The fourth-order valence-electron chi connectivity index (χ4n) is 4.54. The number of amides is 1. The Hall–Kier alpha value is -4.26. The Bertz CT molecular complexity index is 1490. The second-order valence-electron chi connectivity index (χ2n) is 9.11. The molecule has 1 amide bonds. The van der Waals surface area contributed by atoms with Gasteiger partial charge >= 0.3 is 0 Å². The predicted octanol–water partition coefficient (Wildman–Crippen LogP) is 5.47. The van der Waals surface area contributed by atoms with E-state index in [0.29, 0.717) is 11.4 Å². The van der Waals surface area contributed by atoms with Gasteiger partial charge in [-0.15, -0.1) is 5.10 Å². The molecule has 0 spiro atoms. The third kappa shape index (κ3) is 4.91. The van der Waals surface area contributed by atoms with E-state index in [4.69, 9.17) is 0 Å². The van der Waals surface area contributed by atoms with E-state index < -0.39 is 0 Å². The number of hydrogen-bond acceptors (Lipinski definition) is 3. The second kappa shape index (κ2) is 10.2. The minimum Gasteiger partial charge on any atom is -0.348 e. The van der Waals surface area contributed by atoms with Crippen LogP contribution in [0.2, 0.25) is 0 Å². The highest BCUT2D eigenvalue weighted by Gasteiger charge is 2.19. The van der Waals surface area contributed by atoms with Gasteiger partial charge in [0.1, 0.15) is 5.82 Å². The molecular formula is C29H28FN5O. The number of nitrogens with one attached hydrogen (secondary N) is 1. The number of aryl methyl sites for hydroxylation is 1. The minimum atomic E-state index is -0.327. The lowest BCUT2D eigenvalue weighted by molar-refractivity contribution is 0.0932. The molecule has 6 nitrogen and oxygen atoms in total. The zero-order valence-corrected chi connectivity index (χ0v) is 20.4. The van der Waals surface area contributed by atoms with Crippen LogP contribution in [-0.2, 0) is 13.0 Å². The van der Waals surface area contributed by atoms with Crippen LogP contribution >= 0.6 is 0 Å². The van der Waals surface area contributed by atoms with Crippen molar-refractivity contribution >= 4 is 16.8 Å². The van der Waals surface area contributed by atoms with Crippen LogP contribution in [0.5, 0.6) is 0 Å². The highest BCUT2D eigenvalue weighted by Crippen LogP contribution is 2.24. The Kier molecular flexibility index (Phi) is 6.62. The fourth-order valence-corrected chi connectivity index (χ4v) is 4.54. The first-order valence-corrected chi connectivity index (χ1v) is 12.1. The van der Waals surface area contributed by atoms with Gasteiger partial charge in [0.05, 0.1) is 11.4 Å². The molecule has 0 saturated carbocycles. The SMILES string of the molecule is Cc1c(C(=O)N[C@H](C)CCc2cn(Cc3ccccc3)c3ccccc23)nnn1-c1ccc(F)cc1. The van der Waals surface area contributed by atoms with Gasteiger partial charge in [0, 0.05) is 29.7 Å². The van der Waals surface area contributed by atoms with Crippen molar-refractivity contribution in [3.8, 4) is 5.69 Å². The zero-order valence-electron chi connectivity index (χ0n) is 20.4. The summed E-state index contributed by atoms with van der Waals surface area (Å²) < 4.78 is 17.1. The van der Waals surface area contributed by atoms with Crippen molar-refractivity contribution in [3.05, 3.63) is 113 Å². The summed E-state index contributed by atoms with van der Waals surface area (Å²) in [5, 5.41) is 12.5. The van der Waals surface area contributed by atoms with E-state index in [1.54, 1.807) is 23.7 Å². The number of carbonyl (C=O) groups is 1. The van der Waals surface area contributed by atoms with Crippen LogP contribution < -0.4 is 5.32 Å². The highest BCUT2D eigenvalue weighted by atomic mass is 19.1. The van der Waals surface area contributed by atoms with Gasteiger partial charge in [-0.25, -0.2) is 9.07 Å². The number of carbonyl (C=O) groups excluding carboxylic acids is 1. The molecule has 2 aromatic heterocycles. The summed E-state index contributed by atoms with van der Waals surface area (Å²) in [6.45, 7) is 4.60. The Morgan fingerprint density at radius 3 is 2.50 bits per heavy atom. The first kappa shape index (κ1) is 23.5. The molecule has 1 atom stereocenters. The van der Waals surface area contributed by atoms with Crippen molar-refractivity contribution in [1.29, 1.82) is 0 Å². The summed E-state index contributed by atoms with van der Waals surface area (Å²) in [5.41, 5.74) is 5.26. The van der Waals surface area contributed by atoms with Gasteiger partial charge in [-0.3, -0.25) is 4.79 Å². The molecule has 2 heterocycles. The third-order valence-electron chi connectivity index (χ3n) is 6.47. The Labute approximate surface area is 209 Å². The lowest BCUT2D eigenvalue weighted by Gasteiger charge is -2.13. The Morgan fingerprint density at radius 1 is 1.00 bits per heavy atom. The smallest absolute Gasteiger partial charge is 0.273 e. The number of hydrogen-bond donors (Lipinski definition) is 1. The quantitative estimate of drug-likeness (QED) is 0.320. The van der Waals surface area contributed by atoms with Gasteiger partial charge in [-0.05, 0) is 68.1 Å². The molecule has 3 aromatic carbocycles. The molecule has 0 saturated heterocycles. The van der Waals surface area contributed by atoms with E-state index in [1.165, 1.54) is 34.2 Å². The number of fused-ring (bicyclic) bond motifs is 1. The first-order chi connectivity index (χ1) is 17.5. The predicted molar refractivity (Wildman–Crippen MR) is 139 cm³/mol. The number of aromatic nitrogens is 4. The van der Waals surface area contributed by atoms with E-state index in [2.05, 4.69) is 74.9 Å². The average Bonchev–Trinajstić information content (AvgIpc) is 3.44. The molecule has 0 aliphatic rings. The van der Waals surface area contributed by atoms with E-state index in [0.717, 1.165) is 19.4 Å². The van der Waals surface area contributed by atoms with Crippen LogP contribution in [0, 0.1) is 12.7 Å². The summed E-state index contributed by atoms with van der Waals surface area (Å²) in [7, 11) is 0. The maximum Gasteiger partial charge on any atom is 0.273 e. The molecule has 182 valence electrons. The van der Waals surface area contributed by atoms with Gasteiger partial charge in [-0.2, -0.15) is 0 Å². The van der Waals surface area contributed by atoms with Gasteiger partial charge in [0.15, 0.2) is 5.69 Å². The minimum absolute atomic E-state index is 0.0518. The lowest BCUT2D eigenvalue weighted by atomic mass is 10.1. The zero-order chi connectivity index (χ0) is 25.1. The van der Waals surface area contributed by atoms with Crippen LogP contribution in [0.25, 0.3) is 16.6 Å². The highest BCUT2D eigenvalue weighted by molar-refractivity contribution is 5.93. The van der Waals surface area contributed by atoms with Crippen molar-refractivity contribution in [2.75, 3.05) is 0 Å². The summed E-state index contributed by atoms with van der Waals surface area (Å²) >= 11 is 0. The largest absolute Gasteiger partial charge is 0.348 e. The number of benzene rings is 3. The Morgan fingerprint density at radius 2 is 1.72 bits per heavy atom. The van der Waals surface area contributed by atoms with Gasteiger partial charge < -0.3 is 9.88 Å². The van der Waals surface area contributed by atoms with Crippen molar-refractivity contribution in [1.82, 2.24) is 24.9 Å². The van der Waals surface area contributed by atoms with Crippen molar-refractivity contribution in [2.24, 2.45) is 0 Å². The number of halogens is 1. The summed E-state index contributed by atoms with van der Waals surface area (Å²) in [4.78, 5) is 12.9. The van der Waals surface area contributed by atoms with Crippen molar-refractivity contribution in [2.45, 2.75) is 39.3 Å². The van der Waals surface area contributed by atoms with Crippen LogP contribution in [0.15, 0.2) is 85.1 Å². The molecule has 0 aliphatic heterocycles. The molecule has 36 heavy (non-hydrogen) atoms. The topological polar surface area (TPSA) is 64.7 Å². The fraction of sp³-hybridized carbons (Fsp3) is 0.207. The molecule has 0 bridgehead atoms. The summed E-state index contributed by atoms with van der Waals surface area (Å²) in [5.74, 6) is -0.591. The van der Waals surface area contributed by atoms with Crippen LogP contribution in [0.1, 0.15) is 40.7 Å². The van der Waals surface area contributed by atoms with Crippen LogP contribution in [-0.4, -0.2) is 31.5 Å². The van der Waals surface area contributed by atoms with Gasteiger partial charge in [0.25, 0.3) is 5.91 Å². The van der Waals surface area contributed by atoms with E-state index in [9.17, 15) is 9.18 Å². The molecular weight excluding hydrogens is 453 g/mol. The molecule has 7 heteroatoms. The summed E-state index contributed by atoms with van der Waals surface area (Å²) in [6, 6.07) is 24.8. The molecule has 5 rings (SSSR count). The van der Waals surface area contributed by atoms with Crippen LogP contribution in [0.3, 0.4) is 0 Å². The van der Waals surface area contributed by atoms with Gasteiger partial charge in [0.2, 0.25) is 0 Å². The first-order valence-electron chi connectivity index (χ1n) is 12.1. The summed E-state index contributed by atoms with van der Waals surface area (Å²) in [6.07, 6.45) is 3.85. The normalized spacial score (nSPS) is 12.1. The molecule has 0 unspecified atom stereocenters. The average molecular weight is 482 g/mol. The molecule has 5 aromatic rings. The lowest BCUT2D eigenvalue weighted by Crippen LogP contribution is -2.33. The van der Waals surface area contributed by atoms with E-state index in [1.807, 2.05) is 13.0 Å². The maximum atomic E-state index is 13.3. The molecule has 0 fully saturated rings. The maximum absolute atomic E-state index is 13.3. The van der Waals surface area contributed by atoms with E-state index in [-0.39, 0.29) is 23.5 Å². The van der Waals surface area contributed by atoms with Crippen molar-refractivity contribution in [3.63, 3.8) is 0 Å². The second-order valence-corrected chi connectivity index (χ2v) is 9.11. The number of para-hydroxylation sites is 1. The number of nitrogens with zero attached hydrogens (tertiary/aromatic N) is 4. The van der Waals surface area contributed by atoms with E-state index >= 15 is 0 Å². The van der Waals surface area contributed by atoms with Crippen molar-refractivity contribution < 1.29 is 9.18 Å². The number of rotatable bonds is 8.